The average Bonchev–Trinajstić information content (AvgIpc) is 2.78. The highest BCUT2D eigenvalue weighted by molar-refractivity contribution is 6.32. The number of pyridine rings is 1. The number of carbonyl (C=O) groups is 1. The van der Waals surface area contributed by atoms with Gasteiger partial charge in [-0.05, 0) is 11.0 Å². The number of carboxylic acid groups (broad SMARTS) is 1. The molecule has 0 atom stereocenters. The normalized spacial score (nSPS) is 10.3. The van der Waals surface area contributed by atoms with Crippen LogP contribution >= 0.6 is 11.6 Å². The highest BCUT2D eigenvalue weighted by Gasteiger charge is 2.16. The molecule has 2 aromatic rings. The lowest BCUT2D eigenvalue weighted by Crippen LogP contribution is -2.03. The van der Waals surface area contributed by atoms with Crippen molar-refractivity contribution in [3.8, 4) is 5.82 Å². The van der Waals surface area contributed by atoms with Crippen molar-refractivity contribution < 1.29 is 14.8 Å². The topological polar surface area (TPSA) is 111 Å². The van der Waals surface area contributed by atoms with E-state index < -0.39 is 10.9 Å². The summed E-state index contributed by atoms with van der Waals surface area (Å²) in [6.45, 7) is 0. The number of hydrogen-bond donors (Lipinski definition) is 1. The number of aromatic nitrogens is 3. The molecule has 9 heteroatoms. The fourth-order valence-corrected chi connectivity index (χ4v) is 1.50. The summed E-state index contributed by atoms with van der Waals surface area (Å²) in [5.41, 5.74) is -0.0783. The molecule has 0 saturated heterocycles. The third kappa shape index (κ3) is 2.13. The highest BCUT2D eigenvalue weighted by atomic mass is 35.5. The SMILES string of the molecule is O=C(O)c1cnc(-n2ccc([N+](=O)[O-])n2)c(Cl)c1. The van der Waals surface area contributed by atoms with E-state index >= 15 is 0 Å². The van der Waals surface area contributed by atoms with Crippen molar-refractivity contribution in [2.75, 3.05) is 0 Å². The molecule has 1 N–H and O–H groups in total. The Morgan fingerprint density at radius 2 is 2.28 bits per heavy atom. The van der Waals surface area contributed by atoms with E-state index in [1.54, 1.807) is 0 Å². The Morgan fingerprint density at radius 1 is 1.56 bits per heavy atom. The van der Waals surface area contributed by atoms with E-state index in [0.29, 0.717) is 0 Å². The predicted molar refractivity (Wildman–Crippen MR) is 60.0 cm³/mol. The van der Waals surface area contributed by atoms with Crippen molar-refractivity contribution in [1.29, 1.82) is 0 Å². The third-order valence-corrected chi connectivity index (χ3v) is 2.33. The molecule has 2 heterocycles. The lowest BCUT2D eigenvalue weighted by Gasteiger charge is -2.00. The molecule has 2 aromatic heterocycles. The molecule has 0 amide bonds. The van der Waals surface area contributed by atoms with Gasteiger partial charge in [-0.1, -0.05) is 11.6 Å². The molecular formula is C9H5ClN4O4. The van der Waals surface area contributed by atoms with Crippen LogP contribution in [0.5, 0.6) is 0 Å². The van der Waals surface area contributed by atoms with Gasteiger partial charge in [-0.2, -0.15) is 0 Å². The van der Waals surface area contributed by atoms with Crippen LogP contribution in [0.15, 0.2) is 24.5 Å². The molecule has 92 valence electrons. The maximum absolute atomic E-state index is 10.7. The Kier molecular flexibility index (Phi) is 2.94. The minimum absolute atomic E-state index is 0.0351. The first-order valence-electron chi connectivity index (χ1n) is 4.58. The molecule has 0 aliphatic heterocycles. The number of halogens is 1. The number of nitro groups is 1. The van der Waals surface area contributed by atoms with E-state index in [0.717, 1.165) is 10.9 Å². The van der Waals surface area contributed by atoms with Gasteiger partial charge in [0.1, 0.15) is 0 Å². The molecule has 0 aromatic carbocycles. The summed E-state index contributed by atoms with van der Waals surface area (Å²) in [6, 6.07) is 2.38. The monoisotopic (exact) mass is 268 g/mol. The van der Waals surface area contributed by atoms with Gasteiger partial charge >= 0.3 is 11.8 Å². The van der Waals surface area contributed by atoms with E-state index in [9.17, 15) is 14.9 Å². The largest absolute Gasteiger partial charge is 0.478 e. The molecule has 0 saturated carbocycles. The van der Waals surface area contributed by atoms with E-state index in [2.05, 4.69) is 10.1 Å². The minimum atomic E-state index is -1.16. The Bertz CT molecular complexity index is 639. The molecule has 0 radical (unpaired) electrons. The summed E-state index contributed by atoms with van der Waals surface area (Å²) >= 11 is 5.84. The summed E-state index contributed by atoms with van der Waals surface area (Å²) in [6.07, 6.45) is 2.41. The summed E-state index contributed by atoms with van der Waals surface area (Å²) in [5, 5.41) is 22.9. The molecule has 0 aliphatic rings. The van der Waals surface area contributed by atoms with Crippen LogP contribution in [0.1, 0.15) is 10.4 Å². The lowest BCUT2D eigenvalue weighted by atomic mass is 10.3. The number of hydrogen-bond acceptors (Lipinski definition) is 5. The van der Waals surface area contributed by atoms with Gasteiger partial charge in [0.2, 0.25) is 0 Å². The average molecular weight is 269 g/mol. The van der Waals surface area contributed by atoms with Crippen molar-refractivity contribution in [2.24, 2.45) is 0 Å². The maximum atomic E-state index is 10.7. The van der Waals surface area contributed by atoms with Crippen LogP contribution in [0.25, 0.3) is 5.82 Å². The van der Waals surface area contributed by atoms with E-state index in [1.807, 2.05) is 0 Å². The van der Waals surface area contributed by atoms with Gasteiger partial charge in [-0.15, -0.1) is 4.68 Å². The second-order valence-electron chi connectivity index (χ2n) is 3.21. The molecule has 0 unspecified atom stereocenters. The van der Waals surface area contributed by atoms with Crippen LogP contribution in [0.2, 0.25) is 5.02 Å². The molecule has 18 heavy (non-hydrogen) atoms. The Morgan fingerprint density at radius 3 is 2.78 bits per heavy atom. The van der Waals surface area contributed by atoms with Crippen molar-refractivity contribution in [3.05, 3.63) is 45.2 Å². The number of rotatable bonds is 3. The first kappa shape index (κ1) is 12.0. The zero-order valence-corrected chi connectivity index (χ0v) is 9.40. The molecular weight excluding hydrogens is 264 g/mol. The Balaban J connectivity index is 2.44. The van der Waals surface area contributed by atoms with Crippen molar-refractivity contribution >= 4 is 23.4 Å². The van der Waals surface area contributed by atoms with Gasteiger partial charge < -0.3 is 15.2 Å². The number of nitrogens with zero attached hydrogens (tertiary/aromatic N) is 4. The quantitative estimate of drug-likeness (QED) is 0.667. The first-order valence-corrected chi connectivity index (χ1v) is 4.96. The molecule has 0 bridgehead atoms. The summed E-state index contributed by atoms with van der Waals surface area (Å²) in [5.74, 6) is -1.40. The van der Waals surface area contributed by atoms with Crippen LogP contribution in [-0.2, 0) is 0 Å². The van der Waals surface area contributed by atoms with Crippen LogP contribution in [-0.4, -0.2) is 30.8 Å². The molecule has 8 nitrogen and oxygen atoms in total. The standard InChI is InChI=1S/C9H5ClN4O4/c10-6-3-5(9(15)16)4-11-8(6)13-2-1-7(12-13)14(17)18/h1-4H,(H,15,16). The van der Waals surface area contributed by atoms with Gasteiger partial charge in [-0.3, -0.25) is 0 Å². The van der Waals surface area contributed by atoms with Crippen molar-refractivity contribution in [1.82, 2.24) is 14.8 Å². The fraction of sp³-hybridized carbons (Fsp3) is 0. The zero-order valence-electron chi connectivity index (χ0n) is 8.65. The fourth-order valence-electron chi connectivity index (χ4n) is 1.25. The first-order chi connectivity index (χ1) is 8.49. The third-order valence-electron chi connectivity index (χ3n) is 2.05. The van der Waals surface area contributed by atoms with E-state index in [4.69, 9.17) is 16.7 Å². The van der Waals surface area contributed by atoms with Gasteiger partial charge in [0, 0.05) is 6.20 Å². The van der Waals surface area contributed by atoms with Crippen molar-refractivity contribution in [3.63, 3.8) is 0 Å². The number of aromatic carboxylic acids is 1. The van der Waals surface area contributed by atoms with Crippen LogP contribution < -0.4 is 0 Å². The Labute approximate surface area is 105 Å². The molecule has 0 aliphatic carbocycles. The Hall–Kier alpha value is -2.48. The zero-order chi connectivity index (χ0) is 13.3. The van der Waals surface area contributed by atoms with E-state index in [-0.39, 0.29) is 22.2 Å². The van der Waals surface area contributed by atoms with Crippen LogP contribution in [0, 0.1) is 10.1 Å². The van der Waals surface area contributed by atoms with Crippen LogP contribution in [0.3, 0.4) is 0 Å². The molecule has 0 spiro atoms. The molecule has 0 fully saturated rings. The number of carboxylic acids is 1. The second-order valence-corrected chi connectivity index (χ2v) is 3.62. The van der Waals surface area contributed by atoms with Gasteiger partial charge in [0.05, 0.1) is 27.9 Å². The summed E-state index contributed by atoms with van der Waals surface area (Å²) in [7, 11) is 0. The van der Waals surface area contributed by atoms with Crippen molar-refractivity contribution in [2.45, 2.75) is 0 Å². The predicted octanol–water partition coefficient (Wildman–Crippen LogP) is 1.53. The summed E-state index contributed by atoms with van der Waals surface area (Å²) < 4.78 is 1.10. The minimum Gasteiger partial charge on any atom is -0.478 e. The smallest absolute Gasteiger partial charge is 0.390 e. The summed E-state index contributed by atoms with van der Waals surface area (Å²) in [4.78, 5) is 24.3. The second kappa shape index (κ2) is 4.41. The van der Waals surface area contributed by atoms with Gasteiger partial charge in [0.25, 0.3) is 0 Å². The van der Waals surface area contributed by atoms with Gasteiger partial charge in [0.15, 0.2) is 5.82 Å². The molecule has 2 rings (SSSR count). The lowest BCUT2D eigenvalue weighted by molar-refractivity contribution is -0.389. The van der Waals surface area contributed by atoms with Crippen LogP contribution in [0.4, 0.5) is 5.82 Å². The highest BCUT2D eigenvalue weighted by Crippen LogP contribution is 2.20. The maximum Gasteiger partial charge on any atom is 0.390 e. The van der Waals surface area contributed by atoms with E-state index in [1.165, 1.54) is 18.3 Å². The van der Waals surface area contributed by atoms with Gasteiger partial charge in [-0.25, -0.2) is 9.78 Å².